The second-order valence-corrected chi connectivity index (χ2v) is 17.3. The molecule has 2 unspecified atom stereocenters. The topological polar surface area (TPSA) is 210 Å². The fourth-order valence-electron chi connectivity index (χ4n) is 9.42. The van der Waals surface area contributed by atoms with Crippen LogP contribution in [0, 0.1) is 29.6 Å². The molecule has 1 amide bonds. The van der Waals surface area contributed by atoms with Gasteiger partial charge in [0.2, 0.25) is 5.79 Å². The van der Waals surface area contributed by atoms with Gasteiger partial charge in [-0.25, -0.2) is 4.79 Å². The number of Topliss-reactive ketones (excluding diaryl/α,β-unsaturated/α-hetero) is 2. The van der Waals surface area contributed by atoms with Crippen molar-refractivity contribution < 1.29 is 63.7 Å². The molecule has 0 aromatic heterocycles. The van der Waals surface area contributed by atoms with E-state index in [2.05, 4.69) is 6.58 Å². The molecule has 14 heteroatoms. The fourth-order valence-corrected chi connectivity index (χ4v) is 9.42. The number of allylic oxidation sites excluding steroid dienone is 4. The molecule has 0 spiro atoms. The molecule has 3 aliphatic heterocycles. The highest BCUT2D eigenvalue weighted by molar-refractivity contribution is 6.39. The summed E-state index contributed by atoms with van der Waals surface area (Å²) in [5.41, 5.74) is 1.61. The molecule has 14 nitrogen and oxygen atoms in total. The van der Waals surface area contributed by atoms with E-state index in [1.165, 1.54) is 19.1 Å². The van der Waals surface area contributed by atoms with Gasteiger partial charge in [-0.2, -0.15) is 0 Å². The van der Waals surface area contributed by atoms with Crippen LogP contribution in [0.25, 0.3) is 0 Å². The smallest absolute Gasteiger partial charge is 0.329 e. The van der Waals surface area contributed by atoms with Crippen molar-refractivity contribution in [2.45, 2.75) is 160 Å². The average molecular weight is 822 g/mol. The molecule has 14 atom stereocenters. The number of ketones is 2. The third-order valence-corrected chi connectivity index (χ3v) is 12.9. The summed E-state index contributed by atoms with van der Waals surface area (Å²) in [7, 11) is 4.61. The summed E-state index contributed by atoms with van der Waals surface area (Å²) >= 11 is 0. The predicted octanol–water partition coefficient (Wildman–Crippen LogP) is 3.81. The lowest BCUT2D eigenvalue weighted by Gasteiger charge is -2.47. The number of hydrogen-bond acceptors (Lipinski definition) is 12. The molecular formula is C44H71NO13. The largest absolute Gasteiger partial charge is 0.456 e. The number of fused-ring (bicyclic) bond motifs is 3. The lowest BCUT2D eigenvalue weighted by molar-refractivity contribution is -0.302. The van der Waals surface area contributed by atoms with Gasteiger partial charge in [-0.15, -0.1) is 6.58 Å². The summed E-state index contributed by atoms with van der Waals surface area (Å²) in [6.45, 7) is 13.1. The summed E-state index contributed by atoms with van der Waals surface area (Å²) in [6.07, 6.45) is 4.93. The molecule has 58 heavy (non-hydrogen) atoms. The molecule has 2 saturated heterocycles. The molecule has 1 aliphatic carbocycles. The van der Waals surface area contributed by atoms with Gasteiger partial charge in [0, 0.05) is 52.0 Å². The second-order valence-electron chi connectivity index (χ2n) is 17.3. The number of aliphatic hydroxyl groups excluding tert-OH is 2. The minimum atomic E-state index is -2.51. The summed E-state index contributed by atoms with van der Waals surface area (Å²) in [5, 5.41) is 34.1. The SMILES string of the molecule is C=CC[C@@H]1C=C(C)C[C@H](C)C[C@H](OC)[C@H]2O[C@@](O)(C(=O)C(=O)N3CCCCC3C(=O)O[C@H](/C(C)=C/[C@@H]3CC[C@@H](O)[C@H](OC)C3)[C@H](C)C(O)CC1=O)[C@H](C)C[C@@H]2OC.O. The molecule has 2 bridgehead atoms. The van der Waals surface area contributed by atoms with Gasteiger partial charge in [0.1, 0.15) is 24.0 Å². The van der Waals surface area contributed by atoms with Crippen molar-refractivity contribution in [1.29, 1.82) is 0 Å². The van der Waals surface area contributed by atoms with Crippen molar-refractivity contribution in [2.24, 2.45) is 29.6 Å². The Labute approximate surface area is 344 Å². The Kier molecular flexibility index (Phi) is 18.9. The number of carbonyl (C=O) groups is 4. The van der Waals surface area contributed by atoms with Gasteiger partial charge in [-0.1, -0.05) is 44.6 Å². The third-order valence-electron chi connectivity index (χ3n) is 12.9. The molecular weight excluding hydrogens is 750 g/mol. The quantitative estimate of drug-likeness (QED) is 0.190. The molecule has 0 radical (unpaired) electrons. The van der Waals surface area contributed by atoms with Crippen molar-refractivity contribution in [1.82, 2.24) is 4.90 Å². The number of esters is 1. The maximum Gasteiger partial charge on any atom is 0.329 e. The van der Waals surface area contributed by atoms with E-state index in [1.54, 1.807) is 27.0 Å². The first-order valence-electron chi connectivity index (χ1n) is 20.9. The van der Waals surface area contributed by atoms with Crippen LogP contribution in [0.5, 0.6) is 0 Å². The van der Waals surface area contributed by atoms with Crippen LogP contribution in [0.4, 0.5) is 0 Å². The van der Waals surface area contributed by atoms with Crippen molar-refractivity contribution >= 4 is 23.4 Å². The molecule has 0 aromatic rings. The zero-order valence-electron chi connectivity index (χ0n) is 35.9. The van der Waals surface area contributed by atoms with Gasteiger partial charge in [0.05, 0.1) is 30.5 Å². The van der Waals surface area contributed by atoms with E-state index >= 15 is 0 Å². The molecule has 4 aliphatic rings. The molecule has 5 N–H and O–H groups in total. The Hall–Kier alpha value is -2.82. The molecule has 3 fully saturated rings. The average Bonchev–Trinajstić information content (AvgIpc) is 3.18. The van der Waals surface area contributed by atoms with Gasteiger partial charge in [-0.3, -0.25) is 14.4 Å². The lowest BCUT2D eigenvalue weighted by atomic mass is 9.81. The highest BCUT2D eigenvalue weighted by atomic mass is 16.7. The second kappa shape index (κ2) is 22.1. The number of rotatable bonds is 7. The van der Waals surface area contributed by atoms with Crippen LogP contribution in [0.2, 0.25) is 0 Å². The van der Waals surface area contributed by atoms with Crippen LogP contribution >= 0.6 is 0 Å². The number of ether oxygens (including phenoxy) is 5. The van der Waals surface area contributed by atoms with E-state index in [0.29, 0.717) is 56.9 Å². The predicted molar refractivity (Wildman–Crippen MR) is 216 cm³/mol. The van der Waals surface area contributed by atoms with Gasteiger partial charge >= 0.3 is 5.97 Å². The molecule has 1 saturated carbocycles. The number of methoxy groups -OCH3 is 3. The summed E-state index contributed by atoms with van der Waals surface area (Å²) in [5.74, 6) is -7.76. The van der Waals surface area contributed by atoms with Crippen molar-refractivity contribution in [3.63, 3.8) is 0 Å². The minimum Gasteiger partial charge on any atom is -0.456 e. The zero-order chi connectivity index (χ0) is 42.2. The first-order valence-corrected chi connectivity index (χ1v) is 20.9. The Balaban J connectivity index is 0.00000900. The number of piperidine rings is 1. The Morgan fingerprint density at radius 3 is 2.22 bits per heavy atom. The lowest BCUT2D eigenvalue weighted by Crippen LogP contribution is -2.64. The van der Waals surface area contributed by atoms with E-state index in [9.17, 15) is 34.5 Å². The van der Waals surface area contributed by atoms with E-state index in [0.717, 1.165) is 5.57 Å². The Morgan fingerprint density at radius 1 is 0.931 bits per heavy atom. The molecule has 3 heterocycles. The maximum atomic E-state index is 14.3. The number of amides is 1. The standard InChI is InChI=1S/C44H69NO12.H2O/c1-10-13-31-19-25(2)18-26(3)20-37(54-8)40-38(55-9)22-28(5)44(52,57-40)41(49)42(50)45-17-12-11-14-32(45)43(51)56-39(29(6)34(47)24-35(31)48)27(4)21-30-15-16-33(46)36(23-30)53-7;/h10,19,21,26,28-34,36-40,46-47,52H,1,11-18,20,22-24H2,2-9H3;1H2/b25-19?,27-21+;/t26-,28+,29+,30-,31+,32?,33+,34?,36+,37-,38-,39+,40+,44+;/m0./s1. The Bertz CT molecular complexity index is 1480. The fraction of sp³-hybridized carbons (Fsp3) is 0.773. The van der Waals surface area contributed by atoms with Gasteiger partial charge in [0.25, 0.3) is 11.7 Å². The molecule has 330 valence electrons. The summed E-state index contributed by atoms with van der Waals surface area (Å²) in [4.78, 5) is 57.8. The van der Waals surface area contributed by atoms with Crippen molar-refractivity contribution in [3.05, 3.63) is 36.0 Å². The van der Waals surface area contributed by atoms with Gasteiger partial charge in [-0.05, 0) is 95.5 Å². The van der Waals surface area contributed by atoms with Crippen molar-refractivity contribution in [2.75, 3.05) is 27.9 Å². The number of nitrogens with zero attached hydrogens (tertiary/aromatic N) is 1. The molecule has 0 aromatic carbocycles. The van der Waals surface area contributed by atoms with Gasteiger partial charge in [0.15, 0.2) is 0 Å². The summed E-state index contributed by atoms with van der Waals surface area (Å²) in [6, 6.07) is -1.14. The van der Waals surface area contributed by atoms with E-state index < -0.39 is 83.9 Å². The van der Waals surface area contributed by atoms with Crippen LogP contribution in [0.3, 0.4) is 0 Å². The molecule has 4 rings (SSSR count). The third kappa shape index (κ3) is 11.7. The number of aliphatic hydroxyl groups is 3. The number of hydrogen-bond donors (Lipinski definition) is 3. The summed E-state index contributed by atoms with van der Waals surface area (Å²) < 4.78 is 29.7. The van der Waals surface area contributed by atoms with Crippen LogP contribution in [-0.2, 0) is 42.9 Å². The van der Waals surface area contributed by atoms with E-state index in [4.69, 9.17) is 23.7 Å². The van der Waals surface area contributed by atoms with E-state index in [1.807, 2.05) is 32.9 Å². The monoisotopic (exact) mass is 821 g/mol. The first kappa shape index (κ1) is 49.5. The number of cyclic esters (lactones) is 1. The maximum absolute atomic E-state index is 14.3. The van der Waals surface area contributed by atoms with E-state index in [-0.39, 0.29) is 55.0 Å². The first-order chi connectivity index (χ1) is 27.0. The highest BCUT2D eigenvalue weighted by Crippen LogP contribution is 2.39. The van der Waals surface area contributed by atoms with Crippen LogP contribution in [0.1, 0.15) is 105 Å². The Morgan fingerprint density at radius 2 is 1.59 bits per heavy atom. The zero-order valence-corrected chi connectivity index (χ0v) is 35.9. The normalized spacial score (nSPS) is 39.4. The highest BCUT2D eigenvalue weighted by Gasteiger charge is 2.56. The number of carbonyl (C=O) groups excluding carboxylic acids is 4. The van der Waals surface area contributed by atoms with Gasteiger partial charge < -0.3 is 49.4 Å². The van der Waals surface area contributed by atoms with Crippen LogP contribution in [-0.4, -0.2) is 132 Å². The minimum absolute atomic E-state index is 0. The van der Waals surface area contributed by atoms with Crippen molar-refractivity contribution in [3.8, 4) is 0 Å². The van der Waals surface area contributed by atoms with Crippen LogP contribution < -0.4 is 0 Å². The van der Waals surface area contributed by atoms with Crippen LogP contribution in [0.15, 0.2) is 36.0 Å².